The Bertz CT molecular complexity index is 1320. The van der Waals surface area contributed by atoms with Gasteiger partial charge in [-0.3, -0.25) is 9.48 Å². The van der Waals surface area contributed by atoms with Gasteiger partial charge in [-0.2, -0.15) is 9.40 Å². The van der Waals surface area contributed by atoms with E-state index in [1.165, 1.54) is 10.4 Å². The lowest BCUT2D eigenvalue weighted by Gasteiger charge is -2.34. The van der Waals surface area contributed by atoms with E-state index in [-0.39, 0.29) is 28.9 Å². The first-order chi connectivity index (χ1) is 15.3. The van der Waals surface area contributed by atoms with E-state index in [0.717, 1.165) is 35.3 Å². The van der Waals surface area contributed by atoms with Gasteiger partial charge in [0.2, 0.25) is 10.0 Å². The lowest BCUT2D eigenvalue weighted by Crippen LogP contribution is -2.50. The van der Waals surface area contributed by atoms with Gasteiger partial charge in [0.15, 0.2) is 5.65 Å². The number of aromatic nitrogens is 3. The number of halogens is 1. The van der Waals surface area contributed by atoms with Gasteiger partial charge in [0.25, 0.3) is 5.91 Å². The first kappa shape index (κ1) is 21.4. The van der Waals surface area contributed by atoms with Gasteiger partial charge in [0.1, 0.15) is 4.90 Å². The molecule has 0 spiro atoms. The summed E-state index contributed by atoms with van der Waals surface area (Å²) < 4.78 is 29.2. The summed E-state index contributed by atoms with van der Waals surface area (Å²) in [5, 5.41) is 5.44. The Morgan fingerprint density at radius 2 is 1.81 bits per heavy atom. The molecule has 1 aromatic carbocycles. The second-order valence-electron chi connectivity index (χ2n) is 8.40. The maximum absolute atomic E-state index is 13.5. The van der Waals surface area contributed by atoms with Crippen molar-refractivity contribution in [3.8, 4) is 0 Å². The highest BCUT2D eigenvalue weighted by Gasteiger charge is 2.34. The number of hydrogen-bond donors (Lipinski definition) is 0. The zero-order chi connectivity index (χ0) is 22.6. The molecule has 1 saturated carbocycles. The first-order valence-corrected chi connectivity index (χ1v) is 12.5. The second-order valence-corrected chi connectivity index (χ2v) is 10.7. The van der Waals surface area contributed by atoms with Crippen molar-refractivity contribution in [1.82, 2.24) is 24.0 Å². The molecular weight excluding hydrogens is 450 g/mol. The molecule has 5 rings (SSSR count). The van der Waals surface area contributed by atoms with Gasteiger partial charge in [0, 0.05) is 44.8 Å². The molecule has 1 saturated heterocycles. The Morgan fingerprint density at radius 3 is 2.47 bits per heavy atom. The van der Waals surface area contributed by atoms with Crippen LogP contribution >= 0.6 is 11.6 Å². The predicted molar refractivity (Wildman–Crippen MR) is 121 cm³/mol. The highest BCUT2D eigenvalue weighted by Crippen LogP contribution is 2.40. The molecule has 0 bridgehead atoms. The van der Waals surface area contributed by atoms with Crippen molar-refractivity contribution in [2.45, 2.75) is 30.6 Å². The lowest BCUT2D eigenvalue weighted by atomic mass is 10.1. The van der Waals surface area contributed by atoms with Crippen LogP contribution in [0.3, 0.4) is 0 Å². The summed E-state index contributed by atoms with van der Waals surface area (Å²) in [6.07, 6.45) is 2.17. The number of aryl methyl sites for hydroxylation is 2. The fraction of sp³-hybridized carbons (Fsp3) is 0.409. The average Bonchev–Trinajstić information content (AvgIpc) is 3.59. The molecule has 1 amide bonds. The molecule has 1 aliphatic heterocycles. The third kappa shape index (κ3) is 3.58. The summed E-state index contributed by atoms with van der Waals surface area (Å²) in [7, 11) is -1.88. The highest BCUT2D eigenvalue weighted by atomic mass is 35.5. The number of nitrogens with zero attached hydrogens (tertiary/aromatic N) is 5. The molecule has 0 unspecified atom stereocenters. The van der Waals surface area contributed by atoms with Crippen LogP contribution in [-0.2, 0) is 17.1 Å². The molecule has 0 atom stereocenters. The largest absolute Gasteiger partial charge is 0.336 e. The molecule has 32 heavy (non-hydrogen) atoms. The van der Waals surface area contributed by atoms with Crippen molar-refractivity contribution in [2.75, 3.05) is 26.2 Å². The third-order valence-electron chi connectivity index (χ3n) is 6.19. The summed E-state index contributed by atoms with van der Waals surface area (Å²) in [5.41, 5.74) is 3.02. The van der Waals surface area contributed by atoms with Crippen LogP contribution in [0.25, 0.3) is 11.0 Å². The monoisotopic (exact) mass is 473 g/mol. The normalized spacial score (nSPS) is 17.8. The second kappa shape index (κ2) is 7.83. The minimum atomic E-state index is -3.71. The van der Waals surface area contributed by atoms with Gasteiger partial charge in [-0.05, 0) is 38.0 Å². The van der Waals surface area contributed by atoms with E-state index in [0.29, 0.717) is 24.6 Å². The number of carbonyl (C=O) groups excluding carboxylic acids is 1. The topological polar surface area (TPSA) is 88.4 Å². The Hall–Kier alpha value is -2.49. The lowest BCUT2D eigenvalue weighted by molar-refractivity contribution is 0.0699. The average molecular weight is 474 g/mol. The number of amides is 1. The Kier molecular flexibility index (Phi) is 5.22. The molecule has 0 radical (unpaired) electrons. The number of fused-ring (bicyclic) bond motifs is 1. The van der Waals surface area contributed by atoms with Crippen molar-refractivity contribution >= 4 is 38.6 Å². The van der Waals surface area contributed by atoms with Crippen LogP contribution in [0.5, 0.6) is 0 Å². The summed E-state index contributed by atoms with van der Waals surface area (Å²) >= 11 is 6.12. The van der Waals surface area contributed by atoms with E-state index in [1.54, 1.807) is 27.8 Å². The van der Waals surface area contributed by atoms with Gasteiger partial charge in [-0.1, -0.05) is 23.7 Å². The summed E-state index contributed by atoms with van der Waals surface area (Å²) in [4.78, 5) is 20.1. The third-order valence-corrected chi connectivity index (χ3v) is 8.59. The van der Waals surface area contributed by atoms with Crippen LogP contribution in [0.1, 0.15) is 40.5 Å². The van der Waals surface area contributed by atoms with E-state index in [2.05, 4.69) is 5.10 Å². The molecule has 10 heteroatoms. The maximum atomic E-state index is 13.5. The van der Waals surface area contributed by atoms with Gasteiger partial charge < -0.3 is 4.90 Å². The van der Waals surface area contributed by atoms with E-state index in [9.17, 15) is 13.2 Å². The molecule has 2 fully saturated rings. The fourth-order valence-corrected chi connectivity index (χ4v) is 6.23. The zero-order valence-electron chi connectivity index (χ0n) is 18.0. The molecule has 2 aliphatic rings. The molecule has 1 aliphatic carbocycles. The molecule has 3 aromatic rings. The van der Waals surface area contributed by atoms with Crippen LogP contribution in [-0.4, -0.2) is 64.5 Å². The van der Waals surface area contributed by atoms with E-state index >= 15 is 0 Å². The highest BCUT2D eigenvalue weighted by molar-refractivity contribution is 7.89. The maximum Gasteiger partial charge on any atom is 0.254 e. The number of pyridine rings is 1. The van der Waals surface area contributed by atoms with Crippen LogP contribution < -0.4 is 0 Å². The Morgan fingerprint density at radius 1 is 1.12 bits per heavy atom. The fourth-order valence-electron chi connectivity index (χ4n) is 4.32. The molecule has 2 aromatic heterocycles. The molecule has 0 N–H and O–H groups in total. The van der Waals surface area contributed by atoms with Gasteiger partial charge >= 0.3 is 0 Å². The molecule has 8 nitrogen and oxygen atoms in total. The number of rotatable bonds is 4. The number of benzene rings is 1. The van der Waals surface area contributed by atoms with Gasteiger partial charge in [0.05, 0.1) is 21.7 Å². The van der Waals surface area contributed by atoms with E-state index < -0.39 is 10.0 Å². The van der Waals surface area contributed by atoms with Crippen LogP contribution in [0.2, 0.25) is 5.02 Å². The molecule has 168 valence electrons. The summed E-state index contributed by atoms with van der Waals surface area (Å²) in [5.74, 6) is 0.295. The smallest absolute Gasteiger partial charge is 0.254 e. The minimum absolute atomic E-state index is 0.0948. The summed E-state index contributed by atoms with van der Waals surface area (Å²) in [6, 6.07) is 8.33. The van der Waals surface area contributed by atoms with Crippen molar-refractivity contribution in [3.05, 3.63) is 52.3 Å². The van der Waals surface area contributed by atoms with E-state index in [4.69, 9.17) is 16.6 Å². The van der Waals surface area contributed by atoms with Gasteiger partial charge in [-0.25, -0.2) is 13.4 Å². The first-order valence-electron chi connectivity index (χ1n) is 10.7. The van der Waals surface area contributed by atoms with E-state index in [1.807, 2.05) is 20.0 Å². The molecule has 3 heterocycles. The SMILES string of the molecule is Cc1nn(C)c2nc(C3CC3)cc(C(=O)N3CCN(S(=O)(=O)c4ccccc4Cl)CC3)c12. The van der Waals surface area contributed by atoms with Crippen molar-refractivity contribution in [3.63, 3.8) is 0 Å². The summed E-state index contributed by atoms with van der Waals surface area (Å²) in [6.45, 7) is 2.94. The quantitative estimate of drug-likeness (QED) is 0.581. The van der Waals surface area contributed by atoms with Crippen molar-refractivity contribution < 1.29 is 13.2 Å². The van der Waals surface area contributed by atoms with Crippen LogP contribution in [0, 0.1) is 6.92 Å². The zero-order valence-corrected chi connectivity index (χ0v) is 19.5. The number of carbonyl (C=O) groups is 1. The van der Waals surface area contributed by atoms with Crippen molar-refractivity contribution in [2.24, 2.45) is 7.05 Å². The number of piperazine rings is 1. The number of sulfonamides is 1. The standard InChI is InChI=1S/C22H24ClN5O3S/c1-14-20-16(13-18(15-7-8-15)24-21(20)26(2)25-14)22(29)27-9-11-28(12-10-27)32(30,31)19-6-4-3-5-17(19)23/h3-6,13,15H,7-12H2,1-2H3. The van der Waals surface area contributed by atoms with Crippen LogP contribution in [0.4, 0.5) is 0 Å². The Balaban J connectivity index is 1.41. The predicted octanol–water partition coefficient (Wildman–Crippen LogP) is 2.95. The van der Waals surface area contributed by atoms with Crippen molar-refractivity contribution in [1.29, 1.82) is 0 Å². The minimum Gasteiger partial charge on any atom is -0.336 e. The molecular formula is C22H24ClN5O3S. The Labute approximate surface area is 191 Å². The number of hydrogen-bond acceptors (Lipinski definition) is 5. The van der Waals surface area contributed by atoms with Crippen LogP contribution in [0.15, 0.2) is 35.2 Å². The van der Waals surface area contributed by atoms with Gasteiger partial charge in [-0.15, -0.1) is 0 Å².